The zero-order valence-electron chi connectivity index (χ0n) is 11.6. The van der Waals surface area contributed by atoms with Crippen LogP contribution in [0.15, 0.2) is 18.3 Å². The standard InChI is InChI=1S/C15H15FN2O3/c1-21-11-5-4-10-12(13(11)16)9(8-17-10)14(19)15(20)18-6-2-3-7-18/h4-5,8,17H,2-3,6-7H2,1H3. The van der Waals surface area contributed by atoms with Crippen molar-refractivity contribution in [1.82, 2.24) is 9.88 Å². The van der Waals surface area contributed by atoms with Crippen molar-refractivity contribution >= 4 is 22.6 Å². The van der Waals surface area contributed by atoms with Crippen molar-refractivity contribution in [2.45, 2.75) is 12.8 Å². The van der Waals surface area contributed by atoms with Crippen molar-refractivity contribution < 1.29 is 18.7 Å². The van der Waals surface area contributed by atoms with Crippen LogP contribution in [-0.4, -0.2) is 41.8 Å². The van der Waals surface area contributed by atoms with Gasteiger partial charge in [-0.05, 0) is 25.0 Å². The van der Waals surface area contributed by atoms with Crippen molar-refractivity contribution in [1.29, 1.82) is 0 Å². The molecule has 5 nitrogen and oxygen atoms in total. The summed E-state index contributed by atoms with van der Waals surface area (Å²) in [5.74, 6) is -1.84. The van der Waals surface area contributed by atoms with Gasteiger partial charge in [-0.25, -0.2) is 4.39 Å². The lowest BCUT2D eigenvalue weighted by Crippen LogP contribution is -2.34. The fourth-order valence-electron chi connectivity index (χ4n) is 2.68. The third kappa shape index (κ3) is 2.16. The monoisotopic (exact) mass is 290 g/mol. The van der Waals surface area contributed by atoms with E-state index >= 15 is 0 Å². The Morgan fingerprint density at radius 3 is 2.67 bits per heavy atom. The highest BCUT2D eigenvalue weighted by Crippen LogP contribution is 2.29. The van der Waals surface area contributed by atoms with E-state index in [1.807, 2.05) is 0 Å². The number of methoxy groups -OCH3 is 1. The molecule has 6 heteroatoms. The van der Waals surface area contributed by atoms with Crippen LogP contribution in [0.3, 0.4) is 0 Å². The molecule has 3 rings (SSSR count). The molecule has 1 aliphatic rings. The van der Waals surface area contributed by atoms with Gasteiger partial charge in [-0.3, -0.25) is 9.59 Å². The first-order valence-corrected chi connectivity index (χ1v) is 6.80. The summed E-state index contributed by atoms with van der Waals surface area (Å²) in [7, 11) is 1.35. The van der Waals surface area contributed by atoms with Gasteiger partial charge in [-0.15, -0.1) is 0 Å². The maximum absolute atomic E-state index is 14.3. The molecule has 0 radical (unpaired) electrons. The molecule has 0 unspecified atom stereocenters. The van der Waals surface area contributed by atoms with Gasteiger partial charge in [-0.2, -0.15) is 0 Å². The van der Waals surface area contributed by atoms with Crippen molar-refractivity contribution in [3.8, 4) is 5.75 Å². The minimum atomic E-state index is -0.685. The second-order valence-electron chi connectivity index (χ2n) is 5.04. The molecule has 0 spiro atoms. The number of halogens is 1. The summed E-state index contributed by atoms with van der Waals surface area (Å²) in [5, 5.41) is 0.104. The Kier molecular flexibility index (Phi) is 3.37. The van der Waals surface area contributed by atoms with Gasteiger partial charge in [0.1, 0.15) is 0 Å². The Morgan fingerprint density at radius 1 is 1.29 bits per heavy atom. The fraction of sp³-hybridized carbons (Fsp3) is 0.333. The van der Waals surface area contributed by atoms with Crippen molar-refractivity contribution in [2.24, 2.45) is 0 Å². The van der Waals surface area contributed by atoms with E-state index in [-0.39, 0.29) is 16.7 Å². The topological polar surface area (TPSA) is 62.4 Å². The average Bonchev–Trinajstić information content (AvgIpc) is 3.15. The molecule has 1 aromatic carbocycles. The molecule has 1 N–H and O–H groups in total. The minimum absolute atomic E-state index is 0.0461. The van der Waals surface area contributed by atoms with Crippen LogP contribution in [0.5, 0.6) is 5.75 Å². The highest BCUT2D eigenvalue weighted by atomic mass is 19.1. The molecule has 2 heterocycles. The fourth-order valence-corrected chi connectivity index (χ4v) is 2.68. The second kappa shape index (κ2) is 5.20. The number of carbonyl (C=O) groups excluding carboxylic acids is 2. The molecule has 0 aliphatic carbocycles. The summed E-state index contributed by atoms with van der Waals surface area (Å²) in [5.41, 5.74) is 0.518. The molecular formula is C15H15FN2O3. The molecule has 1 saturated heterocycles. The number of nitrogens with zero attached hydrogens (tertiary/aromatic N) is 1. The van der Waals surface area contributed by atoms with Crippen LogP contribution in [0.4, 0.5) is 4.39 Å². The smallest absolute Gasteiger partial charge is 0.295 e. The number of ether oxygens (including phenoxy) is 1. The van der Waals surface area contributed by atoms with Crippen LogP contribution in [0.1, 0.15) is 23.2 Å². The van der Waals surface area contributed by atoms with Crippen molar-refractivity contribution in [2.75, 3.05) is 20.2 Å². The number of aromatic amines is 1. The van der Waals surface area contributed by atoms with Crippen LogP contribution >= 0.6 is 0 Å². The maximum Gasteiger partial charge on any atom is 0.295 e. The molecular weight excluding hydrogens is 275 g/mol. The average molecular weight is 290 g/mol. The number of nitrogens with one attached hydrogen (secondary N) is 1. The Morgan fingerprint density at radius 2 is 2.00 bits per heavy atom. The molecule has 0 bridgehead atoms. The summed E-state index contributed by atoms with van der Waals surface area (Å²) in [6.07, 6.45) is 3.17. The van der Waals surface area contributed by atoms with E-state index in [9.17, 15) is 14.0 Å². The van der Waals surface area contributed by atoms with Crippen LogP contribution < -0.4 is 4.74 Å². The first-order valence-electron chi connectivity index (χ1n) is 6.80. The highest BCUT2D eigenvalue weighted by Gasteiger charge is 2.28. The molecule has 0 saturated carbocycles. The van der Waals surface area contributed by atoms with E-state index in [1.165, 1.54) is 24.3 Å². The number of Topliss-reactive ketones (excluding diaryl/α,β-unsaturated/α-hetero) is 1. The van der Waals surface area contributed by atoms with E-state index < -0.39 is 17.5 Å². The third-order valence-corrected chi connectivity index (χ3v) is 3.80. The first kappa shape index (κ1) is 13.6. The van der Waals surface area contributed by atoms with Crippen LogP contribution in [0.2, 0.25) is 0 Å². The summed E-state index contributed by atoms with van der Waals surface area (Å²) < 4.78 is 19.3. The normalized spacial score (nSPS) is 14.7. The summed E-state index contributed by atoms with van der Waals surface area (Å²) in [6.45, 7) is 1.16. The predicted octanol–water partition coefficient (Wildman–Crippen LogP) is 2.12. The quantitative estimate of drug-likeness (QED) is 0.695. The van der Waals surface area contributed by atoms with E-state index in [1.54, 1.807) is 6.07 Å². The van der Waals surface area contributed by atoms with Gasteiger partial charge in [0.15, 0.2) is 11.6 Å². The number of H-pyrrole nitrogens is 1. The molecule has 2 aromatic rings. The van der Waals surface area contributed by atoms with Gasteiger partial charge in [0.25, 0.3) is 11.7 Å². The molecule has 1 aliphatic heterocycles. The lowest BCUT2D eigenvalue weighted by molar-refractivity contribution is -0.125. The van der Waals surface area contributed by atoms with Crippen LogP contribution in [0.25, 0.3) is 10.9 Å². The number of amides is 1. The number of hydrogen-bond donors (Lipinski definition) is 1. The lowest BCUT2D eigenvalue weighted by atomic mass is 10.1. The molecule has 21 heavy (non-hydrogen) atoms. The van der Waals surface area contributed by atoms with Gasteiger partial charge < -0.3 is 14.6 Å². The number of ketones is 1. The molecule has 1 amide bonds. The van der Waals surface area contributed by atoms with E-state index in [2.05, 4.69) is 4.98 Å². The maximum atomic E-state index is 14.3. The molecule has 1 fully saturated rings. The summed E-state index contributed by atoms with van der Waals surface area (Å²) in [4.78, 5) is 28.8. The number of carbonyl (C=O) groups is 2. The number of likely N-dealkylation sites (tertiary alicyclic amines) is 1. The number of fused-ring (bicyclic) bond motifs is 1. The van der Waals surface area contributed by atoms with Gasteiger partial charge in [-0.1, -0.05) is 0 Å². The Bertz CT molecular complexity index is 717. The SMILES string of the molecule is COc1ccc2[nH]cc(C(=O)C(=O)N3CCCC3)c2c1F. The Labute approximate surface area is 120 Å². The Balaban J connectivity index is 2.03. The summed E-state index contributed by atoms with van der Waals surface area (Å²) >= 11 is 0. The number of rotatable bonds is 3. The Hall–Kier alpha value is -2.37. The van der Waals surface area contributed by atoms with E-state index in [0.29, 0.717) is 18.6 Å². The van der Waals surface area contributed by atoms with Crippen molar-refractivity contribution in [3.63, 3.8) is 0 Å². The predicted molar refractivity (Wildman–Crippen MR) is 75.0 cm³/mol. The third-order valence-electron chi connectivity index (χ3n) is 3.80. The molecule has 0 atom stereocenters. The van der Waals surface area contributed by atoms with E-state index in [4.69, 9.17) is 4.74 Å². The van der Waals surface area contributed by atoms with Crippen molar-refractivity contribution in [3.05, 3.63) is 29.7 Å². The number of hydrogen-bond acceptors (Lipinski definition) is 3. The zero-order chi connectivity index (χ0) is 15.0. The first-order chi connectivity index (χ1) is 10.1. The minimum Gasteiger partial charge on any atom is -0.494 e. The van der Waals surface area contributed by atoms with Gasteiger partial charge in [0.05, 0.1) is 18.1 Å². The zero-order valence-corrected chi connectivity index (χ0v) is 11.6. The van der Waals surface area contributed by atoms with Crippen LogP contribution in [0, 0.1) is 5.82 Å². The van der Waals surface area contributed by atoms with Gasteiger partial charge >= 0.3 is 0 Å². The van der Waals surface area contributed by atoms with Crippen LogP contribution in [-0.2, 0) is 4.79 Å². The lowest BCUT2D eigenvalue weighted by Gasteiger charge is -2.13. The molecule has 1 aromatic heterocycles. The van der Waals surface area contributed by atoms with E-state index in [0.717, 1.165) is 12.8 Å². The van der Waals surface area contributed by atoms with Gasteiger partial charge in [0, 0.05) is 24.8 Å². The van der Waals surface area contributed by atoms with Gasteiger partial charge in [0.2, 0.25) is 0 Å². The summed E-state index contributed by atoms with van der Waals surface area (Å²) in [6, 6.07) is 3.10. The number of aromatic nitrogens is 1. The largest absolute Gasteiger partial charge is 0.494 e. The number of benzene rings is 1. The highest BCUT2D eigenvalue weighted by molar-refractivity contribution is 6.44. The second-order valence-corrected chi connectivity index (χ2v) is 5.04. The molecule has 110 valence electrons.